The van der Waals surface area contributed by atoms with Gasteiger partial charge < -0.3 is 23.7 Å². The fourth-order valence-corrected chi connectivity index (χ4v) is 3.46. The van der Waals surface area contributed by atoms with E-state index in [1.54, 1.807) is 67.6 Å². The maximum Gasteiger partial charge on any atom is 0.338 e. The summed E-state index contributed by atoms with van der Waals surface area (Å²) < 4.78 is 25.9. The van der Waals surface area contributed by atoms with Crippen LogP contribution >= 0.6 is 34.8 Å². The van der Waals surface area contributed by atoms with Crippen molar-refractivity contribution in [3.05, 3.63) is 71.8 Å². The zero-order valence-electron chi connectivity index (χ0n) is 18.2. The molecule has 0 aliphatic carbocycles. The second kappa shape index (κ2) is 11.4. The van der Waals surface area contributed by atoms with E-state index in [1.807, 2.05) is 0 Å². The van der Waals surface area contributed by atoms with E-state index in [1.165, 1.54) is 7.11 Å². The second-order valence-electron chi connectivity index (χ2n) is 7.33. The molecule has 1 aliphatic rings. The number of benzene rings is 2. The number of carbonyl (C=O) groups is 2. The molecule has 1 unspecified atom stereocenters. The van der Waals surface area contributed by atoms with Crippen molar-refractivity contribution in [1.82, 2.24) is 0 Å². The zero-order chi connectivity index (χ0) is 24.9. The van der Waals surface area contributed by atoms with E-state index in [9.17, 15) is 9.59 Å². The highest BCUT2D eigenvalue weighted by Gasteiger charge is 2.51. The summed E-state index contributed by atoms with van der Waals surface area (Å²) in [6.45, 7) is 1.59. The SMILES string of the molecule is CO[C@H]1C(OC(=N)C(Cl)(Cl)Cl)O[C@@H](C)[C@H](OC(=O)c2ccccc2)[C@H]1OC(=O)c1ccccc1. The van der Waals surface area contributed by atoms with Gasteiger partial charge in [0.2, 0.25) is 12.2 Å². The molecule has 0 radical (unpaired) electrons. The maximum atomic E-state index is 12.9. The Labute approximate surface area is 211 Å². The first-order valence-electron chi connectivity index (χ1n) is 10.1. The summed E-state index contributed by atoms with van der Waals surface area (Å²) in [7, 11) is 1.32. The fourth-order valence-electron chi connectivity index (χ4n) is 3.33. The molecule has 2 aromatic rings. The van der Waals surface area contributed by atoms with Crippen LogP contribution in [-0.4, -0.2) is 59.4 Å². The summed E-state index contributed by atoms with van der Waals surface area (Å²) in [4.78, 5) is 25.6. The minimum Gasteiger partial charge on any atom is -0.452 e. The van der Waals surface area contributed by atoms with Gasteiger partial charge in [-0.1, -0.05) is 71.2 Å². The first-order chi connectivity index (χ1) is 16.1. The van der Waals surface area contributed by atoms with Crippen LogP contribution in [-0.2, 0) is 23.7 Å². The van der Waals surface area contributed by atoms with Gasteiger partial charge >= 0.3 is 11.9 Å². The van der Waals surface area contributed by atoms with Gasteiger partial charge in [-0.25, -0.2) is 9.59 Å². The molecule has 0 amide bonds. The number of methoxy groups -OCH3 is 1. The zero-order valence-corrected chi connectivity index (χ0v) is 20.4. The van der Waals surface area contributed by atoms with Crippen LogP contribution in [0.1, 0.15) is 27.6 Å². The topological polar surface area (TPSA) is 104 Å². The lowest BCUT2D eigenvalue weighted by molar-refractivity contribution is -0.277. The van der Waals surface area contributed by atoms with Gasteiger partial charge in [0.15, 0.2) is 18.3 Å². The number of nitrogens with one attached hydrogen (secondary N) is 1. The highest BCUT2D eigenvalue weighted by Crippen LogP contribution is 2.33. The van der Waals surface area contributed by atoms with E-state index in [-0.39, 0.29) is 5.56 Å². The van der Waals surface area contributed by atoms with Crippen LogP contribution in [0.15, 0.2) is 60.7 Å². The second-order valence-corrected chi connectivity index (χ2v) is 9.61. The molecular weight excluding hydrogens is 509 g/mol. The number of carbonyl (C=O) groups excluding carboxylic acids is 2. The van der Waals surface area contributed by atoms with Crippen LogP contribution in [0.5, 0.6) is 0 Å². The Morgan fingerprint density at radius 3 is 1.74 bits per heavy atom. The summed E-state index contributed by atoms with van der Waals surface area (Å²) >= 11 is 17.2. The van der Waals surface area contributed by atoms with Crippen molar-refractivity contribution >= 4 is 52.6 Å². The molecule has 0 spiro atoms. The van der Waals surface area contributed by atoms with Crippen LogP contribution in [0.3, 0.4) is 0 Å². The minimum atomic E-state index is -2.16. The van der Waals surface area contributed by atoms with Crippen LogP contribution in [0.2, 0.25) is 0 Å². The third-order valence-electron chi connectivity index (χ3n) is 5.00. The third kappa shape index (κ3) is 6.40. The smallest absolute Gasteiger partial charge is 0.338 e. The molecule has 182 valence electrons. The van der Waals surface area contributed by atoms with E-state index in [0.717, 1.165) is 0 Å². The van der Waals surface area contributed by atoms with Crippen molar-refractivity contribution in [2.45, 2.75) is 41.4 Å². The largest absolute Gasteiger partial charge is 0.452 e. The molecular formula is C23H22Cl3NO7. The number of halogens is 3. The number of esters is 2. The Balaban J connectivity index is 1.90. The van der Waals surface area contributed by atoms with Crippen molar-refractivity contribution in [3.8, 4) is 0 Å². The quantitative estimate of drug-likeness (QED) is 0.253. The highest BCUT2D eigenvalue weighted by molar-refractivity contribution is 6.76. The number of alkyl halides is 3. The normalized spacial score (nSPS) is 24.7. The van der Waals surface area contributed by atoms with Crippen molar-refractivity contribution in [2.24, 2.45) is 0 Å². The van der Waals surface area contributed by atoms with E-state index in [0.29, 0.717) is 5.56 Å². The molecule has 1 aliphatic heterocycles. The molecule has 34 heavy (non-hydrogen) atoms. The molecule has 5 atom stereocenters. The summed E-state index contributed by atoms with van der Waals surface area (Å²) in [5.74, 6) is -2.05. The predicted octanol–water partition coefficient (Wildman–Crippen LogP) is 4.56. The first-order valence-corrected chi connectivity index (χ1v) is 11.3. The first kappa shape index (κ1) is 26.2. The average molecular weight is 531 g/mol. The van der Waals surface area contributed by atoms with Gasteiger partial charge in [0, 0.05) is 7.11 Å². The summed E-state index contributed by atoms with van der Waals surface area (Å²) in [5, 5.41) is 7.88. The van der Waals surface area contributed by atoms with Gasteiger partial charge in [0.25, 0.3) is 3.79 Å². The summed E-state index contributed by atoms with van der Waals surface area (Å²) in [6.07, 6.45) is -5.54. The van der Waals surface area contributed by atoms with E-state index in [2.05, 4.69) is 0 Å². The maximum absolute atomic E-state index is 12.9. The van der Waals surface area contributed by atoms with Crippen LogP contribution in [0.25, 0.3) is 0 Å². The van der Waals surface area contributed by atoms with Gasteiger partial charge in [-0.05, 0) is 31.2 Å². The molecule has 0 saturated carbocycles. The molecule has 1 heterocycles. The standard InChI is InChI=1S/C23H22Cl3NO7/c1-13-16(32-19(28)14-9-5-3-6-10-14)17(33-20(29)15-11-7-4-8-12-15)18(30-2)21(31-13)34-22(27)23(24,25)26/h3-13,16-18,21,27H,1-2H3/t13-,16-,17+,18+,21?/m0/s1. The highest BCUT2D eigenvalue weighted by atomic mass is 35.6. The van der Waals surface area contributed by atoms with Gasteiger partial charge in [-0.15, -0.1) is 0 Å². The molecule has 0 aromatic heterocycles. The average Bonchev–Trinajstić information content (AvgIpc) is 2.82. The fraction of sp³-hybridized carbons (Fsp3) is 0.348. The third-order valence-corrected chi connectivity index (χ3v) is 5.51. The Morgan fingerprint density at radius 2 is 1.29 bits per heavy atom. The number of hydrogen-bond donors (Lipinski definition) is 1. The van der Waals surface area contributed by atoms with Gasteiger partial charge in [-0.3, -0.25) is 5.41 Å². The van der Waals surface area contributed by atoms with E-state index in [4.69, 9.17) is 63.9 Å². The lowest BCUT2D eigenvalue weighted by atomic mass is 9.98. The predicted molar refractivity (Wildman–Crippen MR) is 126 cm³/mol. The molecule has 8 nitrogen and oxygen atoms in total. The van der Waals surface area contributed by atoms with Crippen molar-refractivity contribution in [1.29, 1.82) is 5.41 Å². The molecule has 1 N–H and O–H groups in total. The Bertz CT molecular complexity index is 1000. The minimum absolute atomic E-state index is 0.274. The van der Waals surface area contributed by atoms with Crippen molar-refractivity contribution in [2.75, 3.05) is 7.11 Å². The number of rotatable bonds is 6. The Morgan fingerprint density at radius 1 is 0.824 bits per heavy atom. The van der Waals surface area contributed by atoms with Gasteiger partial charge in [0.1, 0.15) is 0 Å². The molecule has 0 bridgehead atoms. The van der Waals surface area contributed by atoms with Crippen LogP contribution in [0, 0.1) is 5.41 Å². The molecule has 3 rings (SSSR count). The van der Waals surface area contributed by atoms with E-state index >= 15 is 0 Å². The summed E-state index contributed by atoms with van der Waals surface area (Å²) in [5.41, 5.74) is 0.573. The van der Waals surface area contributed by atoms with Crippen molar-refractivity contribution < 1.29 is 33.3 Å². The number of hydrogen-bond acceptors (Lipinski definition) is 8. The van der Waals surface area contributed by atoms with Gasteiger partial charge in [-0.2, -0.15) is 0 Å². The Hall–Kier alpha value is -2.36. The van der Waals surface area contributed by atoms with Crippen LogP contribution < -0.4 is 0 Å². The lowest BCUT2D eigenvalue weighted by Crippen LogP contribution is -2.61. The van der Waals surface area contributed by atoms with Crippen LogP contribution in [0.4, 0.5) is 0 Å². The van der Waals surface area contributed by atoms with E-state index < -0.39 is 52.3 Å². The lowest BCUT2D eigenvalue weighted by Gasteiger charge is -2.43. The molecule has 1 saturated heterocycles. The monoisotopic (exact) mass is 529 g/mol. The summed E-state index contributed by atoms with van der Waals surface area (Å²) in [6, 6.07) is 16.6. The molecule has 11 heteroatoms. The molecule has 1 fully saturated rings. The molecule has 2 aromatic carbocycles. The number of ether oxygens (including phenoxy) is 5. The van der Waals surface area contributed by atoms with Gasteiger partial charge in [0.05, 0.1) is 17.2 Å². The Kier molecular flexibility index (Phi) is 8.78. The van der Waals surface area contributed by atoms with Crippen molar-refractivity contribution in [3.63, 3.8) is 0 Å².